The number of aliphatic hydroxyl groups is 1. The second-order valence-electron chi connectivity index (χ2n) is 8.03. The second kappa shape index (κ2) is 9.01. The van der Waals surface area contributed by atoms with Crippen LogP contribution in [0.25, 0.3) is 10.9 Å². The Balaban J connectivity index is 2.07. The molecular weight excluding hydrogens is 344 g/mol. The van der Waals surface area contributed by atoms with E-state index in [9.17, 15) is 9.90 Å². The topological polar surface area (TPSA) is 103 Å². The lowest BCUT2D eigenvalue weighted by molar-refractivity contribution is -0.722. The summed E-state index contributed by atoms with van der Waals surface area (Å²) in [6, 6.07) is 5.67. The molecule has 1 atom stereocenters. The van der Waals surface area contributed by atoms with Crippen molar-refractivity contribution in [2.24, 2.45) is 5.10 Å². The van der Waals surface area contributed by atoms with Gasteiger partial charge in [0.2, 0.25) is 5.91 Å². The molecule has 1 unspecified atom stereocenters. The van der Waals surface area contributed by atoms with Gasteiger partial charge in [-0.1, -0.05) is 6.07 Å². The molecule has 0 saturated carbocycles. The Hall–Kier alpha value is -2.38. The van der Waals surface area contributed by atoms with E-state index in [0.717, 1.165) is 22.2 Å². The molecule has 0 fully saturated rings. The van der Waals surface area contributed by atoms with Crippen LogP contribution in [0.3, 0.4) is 0 Å². The average Bonchev–Trinajstić information content (AvgIpc) is 2.99. The van der Waals surface area contributed by atoms with Crippen molar-refractivity contribution in [2.45, 2.75) is 52.7 Å². The number of aliphatic hydroxyl groups excluding tert-OH is 1. The predicted octanol–water partition coefficient (Wildman–Crippen LogP) is 1.32. The van der Waals surface area contributed by atoms with Crippen molar-refractivity contribution in [3.8, 4) is 5.75 Å². The molecule has 0 spiro atoms. The van der Waals surface area contributed by atoms with E-state index >= 15 is 0 Å². The van der Waals surface area contributed by atoms with E-state index in [4.69, 9.17) is 4.74 Å². The number of carbonyl (C=O) groups excluding carboxylic acids is 1. The summed E-state index contributed by atoms with van der Waals surface area (Å²) < 4.78 is 5.88. The zero-order valence-corrected chi connectivity index (χ0v) is 16.8. The van der Waals surface area contributed by atoms with Gasteiger partial charge in [0.15, 0.2) is 0 Å². The van der Waals surface area contributed by atoms with Gasteiger partial charge >= 0.3 is 0 Å². The maximum atomic E-state index is 12.1. The number of rotatable bonds is 8. The van der Waals surface area contributed by atoms with E-state index in [1.807, 2.05) is 38.2 Å². The van der Waals surface area contributed by atoms with Gasteiger partial charge in [0.25, 0.3) is 0 Å². The first-order valence-corrected chi connectivity index (χ1v) is 9.19. The van der Waals surface area contributed by atoms with Crippen molar-refractivity contribution >= 4 is 22.5 Å². The number of hydrazone groups is 1. The molecule has 2 rings (SSSR count). The fraction of sp³-hybridized carbons (Fsp3) is 0.500. The number of nitrogens with zero attached hydrogens (tertiary/aromatic N) is 1. The lowest BCUT2D eigenvalue weighted by Crippen LogP contribution is -2.96. The molecule has 27 heavy (non-hydrogen) atoms. The van der Waals surface area contributed by atoms with E-state index in [1.165, 1.54) is 0 Å². The number of nitrogens with one attached hydrogen (secondary N) is 2. The third-order valence-corrected chi connectivity index (χ3v) is 3.94. The van der Waals surface area contributed by atoms with Crippen LogP contribution in [0.5, 0.6) is 5.75 Å². The van der Waals surface area contributed by atoms with Gasteiger partial charge in [0.05, 0.1) is 12.0 Å². The van der Waals surface area contributed by atoms with E-state index in [0.29, 0.717) is 12.3 Å². The van der Waals surface area contributed by atoms with Crippen LogP contribution in [0.1, 0.15) is 40.2 Å². The van der Waals surface area contributed by atoms with Gasteiger partial charge in [-0.2, -0.15) is 5.10 Å². The number of hydrogen-bond acceptors (Lipinski definition) is 4. The summed E-state index contributed by atoms with van der Waals surface area (Å²) in [5.41, 5.74) is 5.10. The largest absolute Gasteiger partial charge is 0.490 e. The number of benzene rings is 1. The highest BCUT2D eigenvalue weighted by Crippen LogP contribution is 2.29. The minimum Gasteiger partial charge on any atom is -0.490 e. The zero-order valence-electron chi connectivity index (χ0n) is 16.8. The lowest BCUT2D eigenvalue weighted by Gasteiger charge is -2.19. The number of hydrogen-bond donors (Lipinski definition) is 4. The zero-order chi connectivity index (χ0) is 20.0. The second-order valence-corrected chi connectivity index (χ2v) is 8.03. The molecule has 0 aliphatic heterocycles. The van der Waals surface area contributed by atoms with Gasteiger partial charge in [-0.3, -0.25) is 4.79 Å². The monoisotopic (exact) mass is 375 g/mol. The maximum absolute atomic E-state index is 12.1. The fourth-order valence-electron chi connectivity index (χ4n) is 2.61. The molecule has 0 bridgehead atoms. The normalized spacial score (nSPS) is 12.7. The third-order valence-electron chi connectivity index (χ3n) is 3.94. The number of ether oxygens (including phenoxy) is 1. The molecule has 0 aliphatic carbocycles. The van der Waals surface area contributed by atoms with Crippen LogP contribution in [-0.4, -0.2) is 46.5 Å². The molecular formula is C20H31N4O3+. The molecule has 0 aliphatic rings. The number of aromatic nitrogens is 1. The molecule has 7 heteroatoms. The maximum Gasteiger partial charge on any atom is 0.244 e. The van der Waals surface area contributed by atoms with E-state index in [2.05, 4.69) is 41.6 Å². The first-order chi connectivity index (χ1) is 12.7. The van der Waals surface area contributed by atoms with E-state index < -0.39 is 6.10 Å². The molecule has 1 amide bonds. The van der Waals surface area contributed by atoms with Crippen LogP contribution in [0.15, 0.2) is 29.5 Å². The van der Waals surface area contributed by atoms with Crippen LogP contribution in [-0.2, 0) is 11.2 Å². The summed E-state index contributed by atoms with van der Waals surface area (Å²) in [6.07, 6.45) is 1.42. The molecule has 148 valence electrons. The van der Waals surface area contributed by atoms with E-state index in [1.54, 1.807) is 0 Å². The number of nitrogens with two attached hydrogens (primary N) is 1. The van der Waals surface area contributed by atoms with Crippen molar-refractivity contribution in [1.29, 1.82) is 0 Å². The molecule has 5 N–H and O–H groups in total. The SMILES string of the molecule is CC(C)=NNC(=O)Cc1c[nH]c2cccc(OCC(O)C[NH2+]C(C)(C)C)c12. The van der Waals surface area contributed by atoms with Gasteiger partial charge in [0, 0.05) is 22.8 Å². The Morgan fingerprint density at radius 2 is 2.11 bits per heavy atom. The summed E-state index contributed by atoms with van der Waals surface area (Å²) >= 11 is 0. The van der Waals surface area contributed by atoms with Gasteiger partial charge in [0.1, 0.15) is 25.0 Å². The third kappa shape index (κ3) is 6.69. The summed E-state index contributed by atoms with van der Waals surface area (Å²) in [6.45, 7) is 10.7. The van der Waals surface area contributed by atoms with Crippen molar-refractivity contribution in [2.75, 3.05) is 13.2 Å². The Morgan fingerprint density at radius 1 is 1.37 bits per heavy atom. The Morgan fingerprint density at radius 3 is 2.78 bits per heavy atom. The minimum absolute atomic E-state index is 0.0570. The number of fused-ring (bicyclic) bond motifs is 1. The number of carbonyl (C=O) groups is 1. The van der Waals surface area contributed by atoms with Crippen LogP contribution in [0, 0.1) is 0 Å². The Kier molecular flexibility index (Phi) is 6.98. The van der Waals surface area contributed by atoms with Crippen molar-refractivity contribution in [1.82, 2.24) is 10.4 Å². The van der Waals surface area contributed by atoms with Crippen LogP contribution < -0.4 is 15.5 Å². The highest BCUT2D eigenvalue weighted by atomic mass is 16.5. The Labute approximate surface area is 160 Å². The quantitative estimate of drug-likeness (QED) is 0.413. The molecule has 0 saturated heterocycles. The predicted molar refractivity (Wildman–Crippen MR) is 107 cm³/mol. The standard InChI is InChI=1S/C20H30N4O3/c1-13(2)23-24-18(26)9-14-10-21-16-7-6-8-17(19(14)16)27-12-15(25)11-22-20(3,4)5/h6-8,10,15,21-22,25H,9,11-12H2,1-5H3,(H,24,26)/p+1. The number of aromatic amines is 1. The molecule has 1 heterocycles. The molecule has 1 aromatic carbocycles. The lowest BCUT2D eigenvalue weighted by atomic mass is 10.1. The number of amides is 1. The number of quaternary nitrogens is 1. The minimum atomic E-state index is -0.577. The first kappa shape index (κ1) is 20.9. The van der Waals surface area contributed by atoms with Crippen molar-refractivity contribution in [3.05, 3.63) is 30.0 Å². The summed E-state index contributed by atoms with van der Waals surface area (Å²) in [4.78, 5) is 15.3. The highest BCUT2D eigenvalue weighted by Gasteiger charge is 2.18. The fourth-order valence-corrected chi connectivity index (χ4v) is 2.61. The van der Waals surface area contributed by atoms with Gasteiger partial charge in [-0.25, -0.2) is 5.43 Å². The van der Waals surface area contributed by atoms with Crippen LogP contribution in [0.2, 0.25) is 0 Å². The van der Waals surface area contributed by atoms with Crippen molar-refractivity contribution < 1.29 is 20.0 Å². The smallest absolute Gasteiger partial charge is 0.244 e. The van der Waals surface area contributed by atoms with Gasteiger partial charge < -0.3 is 20.1 Å². The Bertz CT molecular complexity index is 801. The van der Waals surface area contributed by atoms with Gasteiger partial charge in [-0.05, 0) is 52.3 Å². The van der Waals surface area contributed by atoms with Crippen LogP contribution in [0.4, 0.5) is 0 Å². The summed E-state index contributed by atoms with van der Waals surface area (Å²) in [5, 5.41) is 17.1. The number of H-pyrrole nitrogens is 1. The van der Waals surface area contributed by atoms with Crippen molar-refractivity contribution in [3.63, 3.8) is 0 Å². The van der Waals surface area contributed by atoms with Gasteiger partial charge in [-0.15, -0.1) is 0 Å². The molecule has 0 radical (unpaired) electrons. The molecule has 7 nitrogen and oxygen atoms in total. The first-order valence-electron chi connectivity index (χ1n) is 9.19. The highest BCUT2D eigenvalue weighted by molar-refractivity contribution is 5.93. The van der Waals surface area contributed by atoms with Crippen LogP contribution >= 0.6 is 0 Å². The molecule has 2 aromatic rings. The van der Waals surface area contributed by atoms with E-state index in [-0.39, 0.29) is 24.5 Å². The average molecular weight is 375 g/mol. The molecule has 1 aromatic heterocycles. The summed E-state index contributed by atoms with van der Waals surface area (Å²) in [5.74, 6) is 0.466. The summed E-state index contributed by atoms with van der Waals surface area (Å²) in [7, 11) is 0.